The van der Waals surface area contributed by atoms with Gasteiger partial charge in [-0.1, -0.05) is 53.7 Å². The minimum absolute atomic E-state index is 0.806. The third kappa shape index (κ3) is 9.56. The van der Waals surface area contributed by atoms with Crippen LogP contribution in [0.2, 0.25) is 0 Å². The molecule has 0 bridgehead atoms. The zero-order chi connectivity index (χ0) is 25.6. The first-order valence-corrected chi connectivity index (χ1v) is 11.8. The Morgan fingerprint density at radius 2 is 0.879 bits per heavy atom. The zero-order valence-electron chi connectivity index (χ0n) is 21.1. The van der Waals surface area contributed by atoms with Gasteiger partial charge in [0.1, 0.15) is 6.42 Å². The molecule has 0 fully saturated rings. The average molecular weight is 459 g/mol. The Morgan fingerprint density at radius 1 is 0.576 bits per heavy atom. The molecule has 2 aromatic carbocycles. The summed E-state index contributed by atoms with van der Waals surface area (Å²) in [4.78, 5) is 18.9. The van der Waals surface area contributed by atoms with Gasteiger partial charge in [0.25, 0.3) is 0 Å². The fourth-order valence-corrected chi connectivity index (χ4v) is 4.03. The van der Waals surface area contributed by atoms with Gasteiger partial charge < -0.3 is 21.7 Å². The van der Waals surface area contributed by atoms with Gasteiger partial charge in [0.05, 0.1) is 0 Å². The first kappa shape index (κ1) is 30.0. The van der Waals surface area contributed by atoms with Crippen LogP contribution in [0.1, 0.15) is 81.3 Å². The molecule has 6 heteroatoms. The standard InChI is InChI=1S/2C12H19N.C3H4O4/c2*1-4-9-7-8-12(13)11(6-3)10(9)5-2;4-2(5)1-3(6)7/h2*7-8H,4-6,13H2,1-3H3;1H2,(H,4,5)(H,6,7). The van der Waals surface area contributed by atoms with Crippen molar-refractivity contribution >= 4 is 23.3 Å². The molecule has 33 heavy (non-hydrogen) atoms. The summed E-state index contributed by atoms with van der Waals surface area (Å²) in [6, 6.07) is 8.40. The number of aliphatic carboxylic acids is 2. The minimum Gasteiger partial charge on any atom is -0.481 e. The Balaban J connectivity index is 0.000000490. The Labute approximate surface area is 199 Å². The van der Waals surface area contributed by atoms with Gasteiger partial charge >= 0.3 is 11.9 Å². The van der Waals surface area contributed by atoms with E-state index in [0.717, 1.165) is 49.9 Å². The van der Waals surface area contributed by atoms with Gasteiger partial charge in [-0.05, 0) is 84.0 Å². The first-order chi connectivity index (χ1) is 15.6. The molecule has 6 N–H and O–H groups in total. The van der Waals surface area contributed by atoms with Crippen molar-refractivity contribution in [3.63, 3.8) is 0 Å². The SMILES string of the molecule is CCc1ccc(N)c(CC)c1CC.CCc1ccc(N)c(CC)c1CC.O=C(O)CC(=O)O. The second kappa shape index (κ2) is 15.7. The predicted octanol–water partition coefficient (Wildman–Crippen LogP) is 5.46. The van der Waals surface area contributed by atoms with E-state index >= 15 is 0 Å². The van der Waals surface area contributed by atoms with Crippen molar-refractivity contribution in [2.75, 3.05) is 11.5 Å². The number of hydrogen-bond acceptors (Lipinski definition) is 4. The van der Waals surface area contributed by atoms with Gasteiger partial charge in [-0.3, -0.25) is 9.59 Å². The first-order valence-electron chi connectivity index (χ1n) is 11.8. The quantitative estimate of drug-likeness (QED) is 0.307. The second-order valence-corrected chi connectivity index (χ2v) is 7.63. The number of aryl methyl sites for hydroxylation is 2. The number of rotatable bonds is 8. The molecule has 0 atom stereocenters. The summed E-state index contributed by atoms with van der Waals surface area (Å²) in [7, 11) is 0. The summed E-state index contributed by atoms with van der Waals surface area (Å²) in [6.07, 6.45) is 5.69. The van der Waals surface area contributed by atoms with Gasteiger partial charge in [-0.2, -0.15) is 0 Å². The van der Waals surface area contributed by atoms with Crippen molar-refractivity contribution in [2.24, 2.45) is 0 Å². The van der Waals surface area contributed by atoms with Crippen molar-refractivity contribution in [3.8, 4) is 0 Å². The zero-order valence-corrected chi connectivity index (χ0v) is 21.1. The molecular weight excluding hydrogens is 416 g/mol. The Hall–Kier alpha value is -3.02. The van der Waals surface area contributed by atoms with E-state index in [9.17, 15) is 9.59 Å². The average Bonchev–Trinajstić information content (AvgIpc) is 2.78. The lowest BCUT2D eigenvalue weighted by Crippen LogP contribution is -2.03. The van der Waals surface area contributed by atoms with E-state index in [-0.39, 0.29) is 0 Å². The molecule has 0 aliphatic carbocycles. The lowest BCUT2D eigenvalue weighted by Gasteiger charge is -2.13. The number of carbonyl (C=O) groups is 2. The van der Waals surface area contributed by atoms with Crippen molar-refractivity contribution in [2.45, 2.75) is 86.5 Å². The summed E-state index contributed by atoms with van der Waals surface area (Å²) in [5.41, 5.74) is 22.3. The van der Waals surface area contributed by atoms with Crippen LogP contribution in [0, 0.1) is 0 Å². The highest BCUT2D eigenvalue weighted by atomic mass is 16.4. The minimum atomic E-state index is -1.31. The lowest BCUT2D eigenvalue weighted by atomic mass is 9.94. The summed E-state index contributed by atoms with van der Waals surface area (Å²) in [5, 5.41) is 15.4. The monoisotopic (exact) mass is 458 g/mol. The van der Waals surface area contributed by atoms with Crippen LogP contribution in [0.25, 0.3) is 0 Å². The Kier molecular flexibility index (Phi) is 14.3. The molecule has 0 saturated carbocycles. The summed E-state index contributed by atoms with van der Waals surface area (Å²) in [5.74, 6) is -2.62. The van der Waals surface area contributed by atoms with E-state index in [1.54, 1.807) is 0 Å². The molecule has 2 rings (SSSR count). The largest absolute Gasteiger partial charge is 0.481 e. The third-order valence-electron chi connectivity index (χ3n) is 5.61. The van der Waals surface area contributed by atoms with Crippen LogP contribution in [0.3, 0.4) is 0 Å². The Bertz CT molecular complexity index is 834. The third-order valence-corrected chi connectivity index (χ3v) is 5.61. The van der Waals surface area contributed by atoms with E-state index in [0.29, 0.717) is 0 Å². The van der Waals surface area contributed by atoms with E-state index in [2.05, 4.69) is 53.7 Å². The van der Waals surface area contributed by atoms with Crippen LogP contribution in [0.15, 0.2) is 24.3 Å². The van der Waals surface area contributed by atoms with Crippen LogP contribution < -0.4 is 11.5 Å². The van der Waals surface area contributed by atoms with Crippen LogP contribution in [0.5, 0.6) is 0 Å². The van der Waals surface area contributed by atoms with Crippen LogP contribution in [-0.4, -0.2) is 22.2 Å². The molecule has 0 spiro atoms. The maximum Gasteiger partial charge on any atom is 0.314 e. The molecule has 0 aliphatic rings. The number of hydrogen-bond donors (Lipinski definition) is 4. The van der Waals surface area contributed by atoms with E-state index < -0.39 is 18.4 Å². The Morgan fingerprint density at radius 3 is 1.06 bits per heavy atom. The summed E-state index contributed by atoms with van der Waals surface area (Å²) < 4.78 is 0. The van der Waals surface area contributed by atoms with E-state index in [4.69, 9.17) is 21.7 Å². The lowest BCUT2D eigenvalue weighted by molar-refractivity contribution is -0.147. The number of benzene rings is 2. The number of carboxylic acids is 2. The molecule has 2 aromatic rings. The molecule has 0 heterocycles. The molecule has 0 unspecified atom stereocenters. The number of nitrogens with two attached hydrogens (primary N) is 2. The van der Waals surface area contributed by atoms with Crippen LogP contribution >= 0.6 is 0 Å². The van der Waals surface area contributed by atoms with Crippen molar-refractivity contribution in [1.29, 1.82) is 0 Å². The van der Waals surface area contributed by atoms with Crippen molar-refractivity contribution in [1.82, 2.24) is 0 Å². The highest BCUT2D eigenvalue weighted by Crippen LogP contribution is 2.24. The smallest absolute Gasteiger partial charge is 0.314 e. The second-order valence-electron chi connectivity index (χ2n) is 7.63. The molecule has 0 saturated heterocycles. The van der Waals surface area contributed by atoms with Crippen molar-refractivity contribution < 1.29 is 19.8 Å². The highest BCUT2D eigenvalue weighted by Gasteiger charge is 2.08. The van der Waals surface area contributed by atoms with Gasteiger partial charge in [-0.15, -0.1) is 0 Å². The maximum atomic E-state index is 9.43. The fourth-order valence-electron chi connectivity index (χ4n) is 4.03. The van der Waals surface area contributed by atoms with Crippen LogP contribution in [-0.2, 0) is 48.1 Å². The van der Waals surface area contributed by atoms with E-state index in [1.165, 1.54) is 33.4 Å². The molecule has 0 aliphatic heterocycles. The topological polar surface area (TPSA) is 127 Å². The van der Waals surface area contributed by atoms with Gasteiger partial charge in [0, 0.05) is 11.4 Å². The summed E-state index contributed by atoms with van der Waals surface area (Å²) in [6.45, 7) is 13.1. The molecular formula is C27H42N2O4. The molecule has 0 aromatic heterocycles. The van der Waals surface area contributed by atoms with E-state index in [1.807, 2.05) is 12.1 Å². The highest BCUT2D eigenvalue weighted by molar-refractivity contribution is 5.88. The van der Waals surface area contributed by atoms with Crippen molar-refractivity contribution in [3.05, 3.63) is 57.6 Å². The number of anilines is 2. The predicted molar refractivity (Wildman–Crippen MR) is 138 cm³/mol. The van der Waals surface area contributed by atoms with Gasteiger partial charge in [-0.25, -0.2) is 0 Å². The maximum absolute atomic E-state index is 9.43. The van der Waals surface area contributed by atoms with Crippen LogP contribution in [0.4, 0.5) is 11.4 Å². The summed E-state index contributed by atoms with van der Waals surface area (Å²) >= 11 is 0. The molecule has 0 amide bonds. The van der Waals surface area contributed by atoms with Gasteiger partial charge in [0.2, 0.25) is 0 Å². The number of nitrogen functional groups attached to an aromatic ring is 2. The van der Waals surface area contributed by atoms with Gasteiger partial charge in [0.15, 0.2) is 0 Å². The molecule has 184 valence electrons. The molecule has 6 nitrogen and oxygen atoms in total. The normalized spacial score (nSPS) is 9.88. The fraction of sp³-hybridized carbons (Fsp3) is 0.481. The molecule has 0 radical (unpaired) electrons. The number of carboxylic acid groups (broad SMARTS) is 2.